The molecule has 0 saturated heterocycles. The van der Waals surface area contributed by atoms with Crippen molar-refractivity contribution in [1.29, 1.82) is 0 Å². The van der Waals surface area contributed by atoms with Crippen LogP contribution in [0.3, 0.4) is 0 Å². The molecule has 0 amide bonds. The van der Waals surface area contributed by atoms with Crippen molar-refractivity contribution >= 4 is 10.0 Å². The summed E-state index contributed by atoms with van der Waals surface area (Å²) in [6, 6.07) is 2.47. The molecule has 1 aromatic carbocycles. The van der Waals surface area contributed by atoms with Gasteiger partial charge in [0.15, 0.2) is 5.82 Å². The molecule has 1 unspecified atom stereocenters. The van der Waals surface area contributed by atoms with Crippen LogP contribution in [0, 0.1) is 6.92 Å². The molecular weight excluding hydrogens is 360 g/mol. The molecular formula is C16H24N4O5S. The molecule has 2 rings (SSSR count). The third kappa shape index (κ3) is 4.32. The van der Waals surface area contributed by atoms with Crippen LogP contribution in [0.5, 0.6) is 11.5 Å². The van der Waals surface area contributed by atoms with E-state index in [-0.39, 0.29) is 10.6 Å². The monoisotopic (exact) mass is 384 g/mol. The summed E-state index contributed by atoms with van der Waals surface area (Å²) >= 11 is 0. The minimum Gasteiger partial charge on any atom is -0.496 e. The van der Waals surface area contributed by atoms with Crippen LogP contribution in [-0.2, 0) is 21.3 Å². The van der Waals surface area contributed by atoms with Crippen molar-refractivity contribution in [3.8, 4) is 11.5 Å². The molecule has 0 aliphatic carbocycles. The molecule has 1 heterocycles. The Morgan fingerprint density at radius 3 is 2.50 bits per heavy atom. The molecule has 0 bridgehead atoms. The highest BCUT2D eigenvalue weighted by molar-refractivity contribution is 7.89. The van der Waals surface area contributed by atoms with Crippen LogP contribution in [0.25, 0.3) is 0 Å². The number of nitrogens with zero attached hydrogens (tertiary/aromatic N) is 3. The second kappa shape index (κ2) is 8.47. The highest BCUT2D eigenvalue weighted by Gasteiger charge is 2.26. The average molecular weight is 384 g/mol. The number of sulfonamides is 1. The third-order valence-corrected chi connectivity index (χ3v) is 5.43. The Kier molecular flexibility index (Phi) is 6.57. The van der Waals surface area contributed by atoms with Crippen molar-refractivity contribution < 1.29 is 22.6 Å². The first-order valence-corrected chi connectivity index (χ1v) is 9.44. The van der Waals surface area contributed by atoms with E-state index >= 15 is 0 Å². The van der Waals surface area contributed by atoms with E-state index < -0.39 is 16.1 Å². The van der Waals surface area contributed by atoms with Crippen LogP contribution in [0.15, 0.2) is 23.4 Å². The van der Waals surface area contributed by atoms with Crippen LogP contribution in [0.4, 0.5) is 0 Å². The lowest BCUT2D eigenvalue weighted by molar-refractivity contribution is 0.185. The number of methoxy groups -OCH3 is 3. The summed E-state index contributed by atoms with van der Waals surface area (Å²) in [5, 5.41) is 7.86. The first-order valence-electron chi connectivity index (χ1n) is 7.95. The molecule has 0 spiro atoms. The van der Waals surface area contributed by atoms with Gasteiger partial charge in [0.25, 0.3) is 0 Å². The van der Waals surface area contributed by atoms with E-state index in [9.17, 15) is 8.42 Å². The van der Waals surface area contributed by atoms with E-state index in [0.29, 0.717) is 24.7 Å². The lowest BCUT2D eigenvalue weighted by Gasteiger charge is -2.17. The molecule has 9 nitrogen and oxygen atoms in total. The van der Waals surface area contributed by atoms with Crippen LogP contribution >= 0.6 is 0 Å². The van der Waals surface area contributed by atoms with Gasteiger partial charge < -0.3 is 18.8 Å². The molecule has 2 aromatic rings. The quantitative estimate of drug-likeness (QED) is 0.694. The molecule has 0 aliphatic heterocycles. The highest BCUT2D eigenvalue weighted by Crippen LogP contribution is 2.32. The predicted octanol–water partition coefficient (Wildman–Crippen LogP) is 1.29. The van der Waals surface area contributed by atoms with Gasteiger partial charge in [0.2, 0.25) is 10.0 Å². The number of aromatic nitrogens is 3. The molecule has 144 valence electrons. The van der Waals surface area contributed by atoms with Crippen molar-refractivity contribution in [2.24, 2.45) is 0 Å². The van der Waals surface area contributed by atoms with Gasteiger partial charge in [-0.3, -0.25) is 0 Å². The van der Waals surface area contributed by atoms with Crippen LogP contribution in [0.2, 0.25) is 0 Å². The van der Waals surface area contributed by atoms with Gasteiger partial charge >= 0.3 is 0 Å². The highest BCUT2D eigenvalue weighted by atomic mass is 32.2. The Morgan fingerprint density at radius 1 is 1.19 bits per heavy atom. The van der Waals surface area contributed by atoms with Gasteiger partial charge in [-0.15, -0.1) is 10.2 Å². The van der Waals surface area contributed by atoms with Gasteiger partial charge in [0.1, 0.15) is 22.7 Å². The van der Waals surface area contributed by atoms with Crippen molar-refractivity contribution in [3.05, 3.63) is 29.8 Å². The standard InChI is InChI=1S/C16H24N4O5S/c1-11-8-14(25-5)15(9-13(11)24-4)26(21,22)19-12(2)16-18-17-10-20(16)6-7-23-3/h8-10,12,19H,6-7H2,1-5H3. The van der Waals surface area contributed by atoms with E-state index in [1.54, 1.807) is 24.7 Å². The number of rotatable bonds is 9. The molecule has 26 heavy (non-hydrogen) atoms. The molecule has 1 atom stereocenters. The topological polar surface area (TPSA) is 105 Å². The summed E-state index contributed by atoms with van der Waals surface area (Å²) in [5.74, 6) is 1.19. The van der Waals surface area contributed by atoms with Crippen molar-refractivity contribution in [1.82, 2.24) is 19.5 Å². The Hall–Kier alpha value is -2.17. The maximum atomic E-state index is 12.9. The number of hydrogen-bond donors (Lipinski definition) is 1. The second-order valence-corrected chi connectivity index (χ2v) is 7.37. The summed E-state index contributed by atoms with van der Waals surface area (Å²) in [7, 11) is 0.616. The smallest absolute Gasteiger partial charge is 0.245 e. The summed E-state index contributed by atoms with van der Waals surface area (Å²) in [6.07, 6.45) is 1.54. The van der Waals surface area contributed by atoms with Crippen LogP contribution < -0.4 is 14.2 Å². The van der Waals surface area contributed by atoms with Crippen molar-refractivity contribution in [2.45, 2.75) is 31.3 Å². The van der Waals surface area contributed by atoms with Gasteiger partial charge in [0, 0.05) is 19.7 Å². The first kappa shape index (κ1) is 20.1. The molecule has 0 saturated carbocycles. The molecule has 10 heteroatoms. The zero-order chi connectivity index (χ0) is 19.3. The first-order chi connectivity index (χ1) is 12.3. The number of hydrogen-bond acceptors (Lipinski definition) is 7. The Morgan fingerprint density at radius 2 is 1.88 bits per heavy atom. The van der Waals surface area contributed by atoms with Crippen LogP contribution in [-0.4, -0.2) is 51.1 Å². The minimum absolute atomic E-state index is 0.00254. The predicted molar refractivity (Wildman–Crippen MR) is 94.9 cm³/mol. The van der Waals surface area contributed by atoms with E-state index in [1.165, 1.54) is 26.6 Å². The summed E-state index contributed by atoms with van der Waals surface area (Å²) in [6.45, 7) is 4.49. The molecule has 0 fully saturated rings. The van der Waals surface area contributed by atoms with E-state index in [2.05, 4.69) is 14.9 Å². The lowest BCUT2D eigenvalue weighted by Crippen LogP contribution is -2.29. The van der Waals surface area contributed by atoms with Crippen LogP contribution in [0.1, 0.15) is 24.4 Å². The Bertz CT molecular complexity index is 850. The maximum absolute atomic E-state index is 12.9. The number of benzene rings is 1. The summed E-state index contributed by atoms with van der Waals surface area (Å²) in [5.41, 5.74) is 0.774. The molecule has 0 radical (unpaired) electrons. The van der Waals surface area contributed by atoms with E-state index in [0.717, 1.165) is 5.56 Å². The zero-order valence-corrected chi connectivity index (χ0v) is 16.3. The summed E-state index contributed by atoms with van der Waals surface area (Å²) in [4.78, 5) is -0.00254. The normalized spacial score (nSPS) is 12.8. The molecule has 0 aliphatic rings. The maximum Gasteiger partial charge on any atom is 0.245 e. The number of nitrogens with one attached hydrogen (secondary N) is 1. The number of ether oxygens (including phenoxy) is 3. The zero-order valence-electron chi connectivity index (χ0n) is 15.5. The van der Waals surface area contributed by atoms with Gasteiger partial charge in [-0.25, -0.2) is 13.1 Å². The Labute approximate surface area is 153 Å². The fourth-order valence-electron chi connectivity index (χ4n) is 2.54. The largest absolute Gasteiger partial charge is 0.496 e. The molecule has 1 N–H and O–H groups in total. The lowest BCUT2D eigenvalue weighted by atomic mass is 10.2. The second-order valence-electron chi connectivity index (χ2n) is 5.69. The average Bonchev–Trinajstić information content (AvgIpc) is 3.07. The van der Waals surface area contributed by atoms with Gasteiger partial charge in [-0.1, -0.05) is 0 Å². The van der Waals surface area contributed by atoms with Gasteiger partial charge in [0.05, 0.1) is 26.9 Å². The summed E-state index contributed by atoms with van der Waals surface area (Å²) < 4.78 is 45.6. The Balaban J connectivity index is 2.33. The molecule has 1 aromatic heterocycles. The van der Waals surface area contributed by atoms with Crippen molar-refractivity contribution in [3.63, 3.8) is 0 Å². The SMILES string of the molecule is COCCn1cnnc1C(C)NS(=O)(=O)c1cc(OC)c(C)cc1OC. The third-order valence-electron chi connectivity index (χ3n) is 3.87. The number of aryl methyl sites for hydroxylation is 1. The van der Waals surface area contributed by atoms with Crippen molar-refractivity contribution in [2.75, 3.05) is 27.9 Å². The minimum atomic E-state index is -3.88. The fraction of sp³-hybridized carbons (Fsp3) is 0.500. The fourth-order valence-corrected chi connectivity index (χ4v) is 3.91. The van der Waals surface area contributed by atoms with Gasteiger partial charge in [-0.05, 0) is 25.5 Å². The van der Waals surface area contributed by atoms with E-state index in [1.807, 2.05) is 6.92 Å². The van der Waals surface area contributed by atoms with E-state index in [4.69, 9.17) is 14.2 Å². The van der Waals surface area contributed by atoms with Gasteiger partial charge in [-0.2, -0.15) is 0 Å².